The van der Waals surface area contributed by atoms with Crippen molar-refractivity contribution in [2.24, 2.45) is 11.8 Å². The third-order valence-electron chi connectivity index (χ3n) is 6.83. The van der Waals surface area contributed by atoms with Crippen molar-refractivity contribution in [3.8, 4) is 11.5 Å². The molecule has 0 aliphatic carbocycles. The molecule has 8 heteroatoms. The summed E-state index contributed by atoms with van der Waals surface area (Å²) in [6.07, 6.45) is 0.743. The van der Waals surface area contributed by atoms with E-state index in [1.807, 2.05) is 56.1 Å². The third-order valence-corrected chi connectivity index (χ3v) is 6.83. The van der Waals surface area contributed by atoms with E-state index in [1.165, 1.54) is 0 Å². The fourth-order valence-electron chi connectivity index (χ4n) is 4.71. The number of nitrogens with one attached hydrogen (secondary N) is 1. The number of amides is 2. The van der Waals surface area contributed by atoms with Crippen LogP contribution in [0.25, 0.3) is 0 Å². The molecular formula is C29H41N3O5. The number of hydrogen-bond donors (Lipinski definition) is 1. The lowest BCUT2D eigenvalue weighted by atomic mass is 9.94. The molecule has 0 unspecified atom stereocenters. The van der Waals surface area contributed by atoms with Crippen LogP contribution in [0.15, 0.2) is 48.5 Å². The first-order valence-corrected chi connectivity index (χ1v) is 13.0. The van der Waals surface area contributed by atoms with E-state index in [9.17, 15) is 9.59 Å². The van der Waals surface area contributed by atoms with Gasteiger partial charge in [-0.15, -0.1) is 0 Å². The first kappa shape index (κ1) is 28.5. The van der Waals surface area contributed by atoms with Crippen LogP contribution in [0, 0.1) is 11.8 Å². The smallest absolute Gasteiger partial charge is 0.254 e. The van der Waals surface area contributed by atoms with Gasteiger partial charge in [-0.1, -0.05) is 18.2 Å². The van der Waals surface area contributed by atoms with Crippen molar-refractivity contribution < 1.29 is 23.8 Å². The van der Waals surface area contributed by atoms with E-state index in [-0.39, 0.29) is 29.7 Å². The minimum atomic E-state index is -0.0428. The number of rotatable bonds is 13. The van der Waals surface area contributed by atoms with Gasteiger partial charge in [0.2, 0.25) is 0 Å². The molecule has 0 saturated carbocycles. The van der Waals surface area contributed by atoms with Gasteiger partial charge >= 0.3 is 0 Å². The van der Waals surface area contributed by atoms with Crippen LogP contribution in [-0.2, 0) is 4.74 Å². The van der Waals surface area contributed by atoms with E-state index in [1.54, 1.807) is 37.3 Å². The van der Waals surface area contributed by atoms with Gasteiger partial charge in [0.05, 0.1) is 13.7 Å². The molecule has 8 nitrogen and oxygen atoms in total. The van der Waals surface area contributed by atoms with Gasteiger partial charge in [-0.3, -0.25) is 9.59 Å². The second kappa shape index (κ2) is 14.0. The summed E-state index contributed by atoms with van der Waals surface area (Å²) in [7, 11) is 5.09. The molecule has 2 amide bonds. The number of hydrogen-bond acceptors (Lipinski definition) is 6. The van der Waals surface area contributed by atoms with Crippen molar-refractivity contribution in [1.82, 2.24) is 15.1 Å². The molecule has 0 radical (unpaired) electrons. The summed E-state index contributed by atoms with van der Waals surface area (Å²) >= 11 is 0. The molecule has 202 valence electrons. The van der Waals surface area contributed by atoms with Crippen LogP contribution in [0.2, 0.25) is 0 Å². The minimum Gasteiger partial charge on any atom is -0.493 e. The Morgan fingerprint density at radius 1 is 0.919 bits per heavy atom. The Morgan fingerprint density at radius 2 is 1.62 bits per heavy atom. The number of nitrogens with zero attached hydrogens (tertiary/aromatic N) is 2. The summed E-state index contributed by atoms with van der Waals surface area (Å²) in [6.45, 7) is 8.01. The van der Waals surface area contributed by atoms with Crippen LogP contribution in [0.3, 0.4) is 0 Å². The van der Waals surface area contributed by atoms with Gasteiger partial charge in [-0.25, -0.2) is 0 Å². The molecule has 0 bridgehead atoms. The van der Waals surface area contributed by atoms with Crippen LogP contribution >= 0.6 is 0 Å². The highest BCUT2D eigenvalue weighted by Gasteiger charge is 2.33. The molecule has 2 atom stereocenters. The van der Waals surface area contributed by atoms with Gasteiger partial charge in [0.15, 0.2) is 11.5 Å². The molecule has 0 spiro atoms. The lowest BCUT2D eigenvalue weighted by molar-refractivity contribution is 0.0634. The molecule has 1 N–H and O–H groups in total. The van der Waals surface area contributed by atoms with E-state index in [4.69, 9.17) is 14.2 Å². The largest absolute Gasteiger partial charge is 0.493 e. The second-order valence-corrected chi connectivity index (χ2v) is 9.84. The molecular weight excluding hydrogens is 470 g/mol. The molecule has 2 aromatic rings. The Labute approximate surface area is 220 Å². The van der Waals surface area contributed by atoms with Crippen LogP contribution < -0.4 is 14.8 Å². The van der Waals surface area contributed by atoms with E-state index < -0.39 is 0 Å². The van der Waals surface area contributed by atoms with Gasteiger partial charge in [-0.05, 0) is 56.0 Å². The first-order valence-electron chi connectivity index (χ1n) is 13.0. The summed E-state index contributed by atoms with van der Waals surface area (Å²) in [5.74, 6) is 1.60. The van der Waals surface area contributed by atoms with Crippen molar-refractivity contribution in [2.75, 3.05) is 60.7 Å². The fourth-order valence-corrected chi connectivity index (χ4v) is 4.71. The summed E-state index contributed by atoms with van der Waals surface area (Å²) in [5.41, 5.74) is 1.25. The maximum absolute atomic E-state index is 13.6. The molecule has 1 heterocycles. The molecule has 37 heavy (non-hydrogen) atoms. The first-order chi connectivity index (χ1) is 17.8. The fraction of sp³-hybridized carbons (Fsp3) is 0.517. The third kappa shape index (κ3) is 7.69. The van der Waals surface area contributed by atoms with Crippen LogP contribution in [0.1, 0.15) is 41.0 Å². The lowest BCUT2D eigenvalue weighted by Gasteiger charge is -2.33. The van der Waals surface area contributed by atoms with Gasteiger partial charge in [-0.2, -0.15) is 0 Å². The average molecular weight is 512 g/mol. The quantitative estimate of drug-likeness (QED) is 0.414. The molecule has 1 saturated heterocycles. The summed E-state index contributed by atoms with van der Waals surface area (Å²) in [4.78, 5) is 30.2. The van der Waals surface area contributed by atoms with Crippen molar-refractivity contribution in [2.45, 2.75) is 26.3 Å². The van der Waals surface area contributed by atoms with Gasteiger partial charge < -0.3 is 29.3 Å². The zero-order valence-corrected chi connectivity index (χ0v) is 22.7. The van der Waals surface area contributed by atoms with Gasteiger partial charge in [0.1, 0.15) is 0 Å². The van der Waals surface area contributed by atoms with E-state index >= 15 is 0 Å². The van der Waals surface area contributed by atoms with Crippen molar-refractivity contribution in [1.29, 1.82) is 0 Å². The predicted octanol–water partition coefficient (Wildman–Crippen LogP) is 3.57. The van der Waals surface area contributed by atoms with Gasteiger partial charge in [0.25, 0.3) is 11.8 Å². The Morgan fingerprint density at radius 3 is 2.27 bits per heavy atom. The molecule has 1 fully saturated rings. The maximum atomic E-state index is 13.6. The van der Waals surface area contributed by atoms with E-state index in [0.717, 1.165) is 19.5 Å². The molecule has 0 aromatic heterocycles. The average Bonchev–Trinajstić information content (AvgIpc) is 3.35. The summed E-state index contributed by atoms with van der Waals surface area (Å²) in [6, 6.07) is 14.7. The predicted molar refractivity (Wildman–Crippen MR) is 144 cm³/mol. The number of carbonyl (C=O) groups is 2. The maximum Gasteiger partial charge on any atom is 0.254 e. The van der Waals surface area contributed by atoms with Crippen LogP contribution in [-0.4, -0.2) is 88.3 Å². The van der Waals surface area contributed by atoms with Crippen molar-refractivity contribution >= 4 is 11.8 Å². The van der Waals surface area contributed by atoms with Crippen LogP contribution in [0.4, 0.5) is 0 Å². The Balaban J connectivity index is 1.69. The number of benzene rings is 2. The van der Waals surface area contributed by atoms with Crippen LogP contribution in [0.5, 0.6) is 11.5 Å². The van der Waals surface area contributed by atoms with Gasteiger partial charge in [0, 0.05) is 70.5 Å². The summed E-state index contributed by atoms with van der Waals surface area (Å²) < 4.78 is 16.4. The van der Waals surface area contributed by atoms with Crippen molar-refractivity contribution in [3.05, 3.63) is 59.7 Å². The second-order valence-electron chi connectivity index (χ2n) is 9.84. The van der Waals surface area contributed by atoms with E-state index in [0.29, 0.717) is 48.9 Å². The Bertz CT molecular complexity index is 1010. The molecule has 1 aliphatic heterocycles. The molecule has 2 aromatic carbocycles. The highest BCUT2D eigenvalue weighted by Crippen LogP contribution is 2.30. The number of carbonyl (C=O) groups excluding carboxylic acids is 2. The molecule has 1 aliphatic rings. The normalized spacial score (nSPS) is 17.0. The van der Waals surface area contributed by atoms with E-state index in [2.05, 4.69) is 5.32 Å². The highest BCUT2D eigenvalue weighted by molar-refractivity contribution is 5.95. The van der Waals surface area contributed by atoms with Crippen molar-refractivity contribution in [3.63, 3.8) is 0 Å². The highest BCUT2D eigenvalue weighted by atomic mass is 16.5. The summed E-state index contributed by atoms with van der Waals surface area (Å²) in [5, 5.41) is 3.46. The lowest BCUT2D eigenvalue weighted by Crippen LogP contribution is -2.44. The standard InChI is InChI=1S/C29H41N3O5/c1-21(2)32(29(34)23-12-13-26(36-5)27(16-23)37-15-9-14-35-4)20-25-18-30-17-24(25)19-31(3)28(33)22-10-7-6-8-11-22/h6-8,10-13,16,21,24-25,30H,9,14-15,17-20H2,1-5H3/t24-,25-/m0/s1. The number of ether oxygens (including phenoxy) is 3. The SMILES string of the molecule is COCCCOc1cc(C(=O)N(C[C@@H]2CNC[C@H]2CN(C)C(=O)c2ccccc2)C(C)C)ccc1OC. The minimum absolute atomic E-state index is 0.0132. The zero-order chi connectivity index (χ0) is 26.8. The topological polar surface area (TPSA) is 80.3 Å². The monoisotopic (exact) mass is 511 g/mol. The zero-order valence-electron chi connectivity index (χ0n) is 22.7. The Kier molecular flexibility index (Phi) is 10.8. The Hall–Kier alpha value is -3.10. The number of methoxy groups -OCH3 is 2. The molecule has 3 rings (SSSR count).